The minimum Gasteiger partial charge on any atom is -0.494 e. The van der Waals surface area contributed by atoms with Crippen molar-refractivity contribution in [2.24, 2.45) is 0 Å². The van der Waals surface area contributed by atoms with Crippen LogP contribution in [0, 0.1) is 12.3 Å². The van der Waals surface area contributed by atoms with E-state index in [2.05, 4.69) is 31.9 Å². The summed E-state index contributed by atoms with van der Waals surface area (Å²) in [5, 5.41) is 0. The van der Waals surface area contributed by atoms with E-state index in [-0.39, 0.29) is 0 Å². The molecular weight excluding hydrogens is 208 g/mol. The summed E-state index contributed by atoms with van der Waals surface area (Å²) in [6.45, 7) is 5.16. The van der Waals surface area contributed by atoms with Gasteiger partial charge in [-0.3, -0.25) is 0 Å². The quantitative estimate of drug-likeness (QED) is 0.499. The van der Waals surface area contributed by atoms with Crippen LogP contribution in [0.1, 0.15) is 51.0 Å². The number of hydrogen-bond donors (Lipinski definition) is 0. The monoisotopic (exact) mass is 230 g/mol. The maximum Gasteiger partial charge on any atom is 0.119 e. The van der Waals surface area contributed by atoms with Gasteiger partial charge >= 0.3 is 0 Å². The van der Waals surface area contributed by atoms with Gasteiger partial charge in [0.25, 0.3) is 0 Å². The molecule has 0 bridgehead atoms. The molecule has 92 valence electrons. The second-order valence-corrected chi connectivity index (χ2v) is 4.43. The van der Waals surface area contributed by atoms with E-state index < -0.39 is 0 Å². The van der Waals surface area contributed by atoms with Crippen LogP contribution in [0.2, 0.25) is 0 Å². The zero-order valence-electron chi connectivity index (χ0n) is 10.9. The van der Waals surface area contributed by atoms with Crippen molar-refractivity contribution in [2.45, 2.75) is 45.4 Å². The van der Waals surface area contributed by atoms with Crippen LogP contribution in [0.25, 0.3) is 0 Å². The molecule has 0 saturated carbocycles. The van der Waals surface area contributed by atoms with Crippen LogP contribution in [0.4, 0.5) is 0 Å². The molecule has 0 amide bonds. The van der Waals surface area contributed by atoms with Gasteiger partial charge in [0, 0.05) is 6.42 Å². The van der Waals surface area contributed by atoms with E-state index in [4.69, 9.17) is 11.2 Å². The van der Waals surface area contributed by atoms with Gasteiger partial charge in [0.15, 0.2) is 0 Å². The minimum absolute atomic E-state index is 0.425. The number of ether oxygens (including phenoxy) is 1. The number of rotatable bonds is 7. The summed E-state index contributed by atoms with van der Waals surface area (Å²) in [6, 6.07) is 8.29. The van der Waals surface area contributed by atoms with Crippen LogP contribution in [-0.2, 0) is 0 Å². The molecule has 0 spiro atoms. The highest BCUT2D eigenvalue weighted by atomic mass is 16.5. The average molecular weight is 230 g/mol. The third kappa shape index (κ3) is 4.95. The van der Waals surface area contributed by atoms with Crippen molar-refractivity contribution in [2.75, 3.05) is 6.61 Å². The largest absolute Gasteiger partial charge is 0.494 e. The first-order valence-electron chi connectivity index (χ1n) is 6.44. The second kappa shape index (κ2) is 7.79. The van der Waals surface area contributed by atoms with E-state index >= 15 is 0 Å². The molecule has 17 heavy (non-hydrogen) atoms. The summed E-state index contributed by atoms with van der Waals surface area (Å²) in [5.74, 6) is 4.08. The third-order valence-corrected chi connectivity index (χ3v) is 2.89. The average Bonchev–Trinajstić information content (AvgIpc) is 2.36. The second-order valence-electron chi connectivity index (χ2n) is 4.43. The molecule has 0 heterocycles. The first-order valence-corrected chi connectivity index (χ1v) is 6.44. The van der Waals surface area contributed by atoms with Crippen LogP contribution in [0.15, 0.2) is 24.3 Å². The molecule has 0 N–H and O–H groups in total. The van der Waals surface area contributed by atoms with Crippen LogP contribution < -0.4 is 4.74 Å². The van der Waals surface area contributed by atoms with Crippen LogP contribution >= 0.6 is 0 Å². The van der Waals surface area contributed by atoms with Gasteiger partial charge in [-0.15, -0.1) is 12.3 Å². The molecule has 1 atom stereocenters. The maximum absolute atomic E-state index is 5.66. The Morgan fingerprint density at radius 1 is 1.24 bits per heavy atom. The highest BCUT2D eigenvalue weighted by molar-refractivity contribution is 5.29. The van der Waals surface area contributed by atoms with Gasteiger partial charge in [0.2, 0.25) is 0 Å². The van der Waals surface area contributed by atoms with E-state index in [1.165, 1.54) is 18.4 Å². The van der Waals surface area contributed by atoms with Crippen molar-refractivity contribution in [1.29, 1.82) is 0 Å². The van der Waals surface area contributed by atoms with Gasteiger partial charge in [0.05, 0.1) is 6.61 Å². The van der Waals surface area contributed by atoms with Gasteiger partial charge in [-0.2, -0.15) is 0 Å². The molecule has 1 aromatic rings. The maximum atomic E-state index is 5.66. The van der Waals surface area contributed by atoms with E-state index in [9.17, 15) is 0 Å². The summed E-state index contributed by atoms with van der Waals surface area (Å²) < 4.78 is 5.66. The summed E-state index contributed by atoms with van der Waals surface area (Å²) in [4.78, 5) is 0. The fraction of sp³-hybridized carbons (Fsp3) is 0.500. The topological polar surface area (TPSA) is 9.23 Å². The molecular formula is C16H22O. The Hall–Kier alpha value is -1.42. The molecule has 0 aliphatic rings. The molecule has 0 fully saturated rings. The molecule has 0 aliphatic heterocycles. The summed E-state index contributed by atoms with van der Waals surface area (Å²) in [6.07, 6.45) is 9.70. The number of terminal acetylenes is 1. The third-order valence-electron chi connectivity index (χ3n) is 2.89. The van der Waals surface area contributed by atoms with Crippen molar-refractivity contribution in [1.82, 2.24) is 0 Å². The van der Waals surface area contributed by atoms with Crippen molar-refractivity contribution in [3.05, 3.63) is 29.8 Å². The lowest BCUT2D eigenvalue weighted by atomic mass is 9.98. The highest BCUT2D eigenvalue weighted by Gasteiger charge is 2.03. The van der Waals surface area contributed by atoms with E-state index in [0.29, 0.717) is 5.92 Å². The Morgan fingerprint density at radius 2 is 1.94 bits per heavy atom. The molecule has 1 rings (SSSR count). The van der Waals surface area contributed by atoms with Crippen LogP contribution in [0.5, 0.6) is 5.75 Å². The molecule has 0 radical (unpaired) electrons. The fourth-order valence-electron chi connectivity index (χ4n) is 1.73. The van der Waals surface area contributed by atoms with E-state index in [1.54, 1.807) is 0 Å². The van der Waals surface area contributed by atoms with E-state index in [0.717, 1.165) is 25.2 Å². The first-order chi connectivity index (χ1) is 8.27. The smallest absolute Gasteiger partial charge is 0.119 e. The van der Waals surface area contributed by atoms with Crippen LogP contribution in [0.3, 0.4) is 0 Å². The summed E-state index contributed by atoms with van der Waals surface area (Å²) in [7, 11) is 0. The molecule has 1 unspecified atom stereocenters. The Bertz CT molecular complexity index is 345. The fourth-order valence-corrected chi connectivity index (χ4v) is 1.73. The zero-order chi connectivity index (χ0) is 12.5. The SMILES string of the molecule is C#CCC(C)c1ccc(OCCCCC)cc1. The number of hydrogen-bond acceptors (Lipinski definition) is 1. The van der Waals surface area contributed by atoms with Crippen molar-refractivity contribution >= 4 is 0 Å². The predicted octanol–water partition coefficient (Wildman–Crippen LogP) is 4.38. The summed E-state index contributed by atoms with van der Waals surface area (Å²) in [5.41, 5.74) is 1.28. The highest BCUT2D eigenvalue weighted by Crippen LogP contribution is 2.21. The lowest BCUT2D eigenvalue weighted by Crippen LogP contribution is -1.97. The van der Waals surface area contributed by atoms with Gasteiger partial charge < -0.3 is 4.74 Å². The minimum atomic E-state index is 0.425. The van der Waals surface area contributed by atoms with Gasteiger partial charge in [-0.1, -0.05) is 38.8 Å². The van der Waals surface area contributed by atoms with Crippen molar-refractivity contribution in [3.63, 3.8) is 0 Å². The lowest BCUT2D eigenvalue weighted by molar-refractivity contribution is 0.306. The van der Waals surface area contributed by atoms with Crippen LogP contribution in [-0.4, -0.2) is 6.61 Å². The lowest BCUT2D eigenvalue weighted by Gasteiger charge is -2.10. The Kier molecular flexibility index (Phi) is 6.25. The predicted molar refractivity (Wildman–Crippen MR) is 73.3 cm³/mol. The van der Waals surface area contributed by atoms with Gasteiger partial charge in [-0.25, -0.2) is 0 Å². The summed E-state index contributed by atoms with van der Waals surface area (Å²) >= 11 is 0. The van der Waals surface area contributed by atoms with Gasteiger partial charge in [-0.05, 0) is 30.0 Å². The molecule has 0 aliphatic carbocycles. The van der Waals surface area contributed by atoms with Crippen molar-refractivity contribution in [3.8, 4) is 18.1 Å². The first kappa shape index (κ1) is 13.6. The Morgan fingerprint density at radius 3 is 2.53 bits per heavy atom. The molecule has 0 aromatic heterocycles. The molecule has 1 aromatic carbocycles. The molecule has 1 heteroatoms. The van der Waals surface area contributed by atoms with Crippen molar-refractivity contribution < 1.29 is 4.74 Å². The molecule has 0 saturated heterocycles. The normalized spacial score (nSPS) is 11.8. The molecule has 1 nitrogen and oxygen atoms in total. The Labute approximate surface area is 105 Å². The number of unbranched alkanes of at least 4 members (excludes halogenated alkanes) is 2. The standard InChI is InChI=1S/C16H22O/c1-4-6-7-13-17-16-11-9-15(10-12-16)14(3)8-5-2/h2,9-12,14H,4,6-8,13H2,1,3H3. The van der Waals surface area contributed by atoms with E-state index in [1.807, 2.05) is 12.1 Å². The number of benzene rings is 1. The van der Waals surface area contributed by atoms with Gasteiger partial charge in [0.1, 0.15) is 5.75 Å². The Balaban J connectivity index is 2.42. The zero-order valence-corrected chi connectivity index (χ0v) is 10.9.